The van der Waals surface area contributed by atoms with Crippen LogP contribution in [0.2, 0.25) is 0 Å². The van der Waals surface area contributed by atoms with Crippen molar-refractivity contribution in [2.45, 2.75) is 6.92 Å². The molecular formula is C9H10N4. The predicted octanol–water partition coefficient (Wildman–Crippen LogP) is 1.10. The normalized spacial score (nSPS) is 10.5. The van der Waals surface area contributed by atoms with Crippen molar-refractivity contribution in [3.05, 3.63) is 24.0 Å². The molecule has 0 spiro atoms. The first-order valence-corrected chi connectivity index (χ1v) is 3.96. The molecule has 13 heavy (non-hydrogen) atoms. The molecule has 0 amide bonds. The Hall–Kier alpha value is -1.84. The van der Waals surface area contributed by atoms with Crippen molar-refractivity contribution in [3.8, 4) is 0 Å². The number of hydrogen-bond acceptors (Lipinski definition) is 4. The highest BCUT2D eigenvalue weighted by atomic mass is 14.8. The maximum atomic E-state index is 5.79. The van der Waals surface area contributed by atoms with E-state index in [-0.39, 0.29) is 0 Å². The first-order valence-electron chi connectivity index (χ1n) is 3.96. The number of nitrogens with zero attached hydrogens (tertiary/aromatic N) is 2. The quantitative estimate of drug-likeness (QED) is 0.627. The zero-order valence-electron chi connectivity index (χ0n) is 7.28. The van der Waals surface area contributed by atoms with Crippen LogP contribution in [0.15, 0.2) is 18.3 Å². The number of aryl methyl sites for hydroxylation is 1. The van der Waals surface area contributed by atoms with Crippen molar-refractivity contribution in [1.82, 2.24) is 9.97 Å². The van der Waals surface area contributed by atoms with E-state index in [1.165, 1.54) is 0 Å². The monoisotopic (exact) mass is 174 g/mol. The predicted molar refractivity (Wildman–Crippen MR) is 53.1 cm³/mol. The van der Waals surface area contributed by atoms with Gasteiger partial charge in [0.15, 0.2) is 0 Å². The van der Waals surface area contributed by atoms with E-state index >= 15 is 0 Å². The van der Waals surface area contributed by atoms with Crippen LogP contribution in [0.3, 0.4) is 0 Å². The van der Waals surface area contributed by atoms with Gasteiger partial charge in [-0.05, 0) is 19.1 Å². The number of pyridine rings is 2. The summed E-state index contributed by atoms with van der Waals surface area (Å²) >= 11 is 0. The molecule has 2 rings (SSSR count). The van der Waals surface area contributed by atoms with E-state index in [2.05, 4.69) is 9.97 Å². The summed E-state index contributed by atoms with van der Waals surface area (Å²) < 4.78 is 0. The summed E-state index contributed by atoms with van der Waals surface area (Å²) in [5, 5.41) is 0. The first kappa shape index (κ1) is 7.79. The van der Waals surface area contributed by atoms with Crippen LogP contribution in [0.25, 0.3) is 11.0 Å². The molecule has 0 radical (unpaired) electrons. The van der Waals surface area contributed by atoms with Crippen LogP contribution in [0.1, 0.15) is 5.69 Å². The number of nitrogen functional groups attached to an aromatic ring is 2. The molecule has 4 N–H and O–H groups in total. The fourth-order valence-corrected chi connectivity index (χ4v) is 1.26. The Morgan fingerprint density at radius 1 is 1.23 bits per heavy atom. The molecule has 2 aromatic heterocycles. The molecule has 0 fully saturated rings. The molecule has 0 atom stereocenters. The van der Waals surface area contributed by atoms with Crippen LogP contribution >= 0.6 is 0 Å². The molecule has 2 aromatic rings. The molecule has 0 saturated heterocycles. The molecule has 0 unspecified atom stereocenters. The third-order valence-electron chi connectivity index (χ3n) is 2.01. The van der Waals surface area contributed by atoms with Gasteiger partial charge in [0.05, 0.1) is 22.6 Å². The standard InChI is InChI=1S/C9H10N4/c1-5-7(10)8(11)9-6(13-5)3-2-4-12-9/h2-4H,10H2,1H3,(H2,11,13). The molecule has 2 heterocycles. The van der Waals surface area contributed by atoms with Gasteiger partial charge in [0.25, 0.3) is 0 Å². The maximum absolute atomic E-state index is 5.79. The Kier molecular flexibility index (Phi) is 1.55. The average Bonchev–Trinajstić information content (AvgIpc) is 2.15. The van der Waals surface area contributed by atoms with Crippen molar-refractivity contribution in [3.63, 3.8) is 0 Å². The Labute approximate surface area is 75.6 Å². The van der Waals surface area contributed by atoms with Gasteiger partial charge in [0.1, 0.15) is 5.52 Å². The number of aromatic nitrogens is 2. The molecule has 0 aliphatic rings. The van der Waals surface area contributed by atoms with Crippen LogP contribution in [-0.4, -0.2) is 9.97 Å². The summed E-state index contributed by atoms with van der Waals surface area (Å²) in [5.41, 5.74) is 14.8. The number of anilines is 2. The second-order valence-corrected chi connectivity index (χ2v) is 2.90. The summed E-state index contributed by atoms with van der Waals surface area (Å²) in [4.78, 5) is 8.38. The third-order valence-corrected chi connectivity index (χ3v) is 2.01. The van der Waals surface area contributed by atoms with Gasteiger partial charge in [-0.15, -0.1) is 0 Å². The SMILES string of the molecule is Cc1nc2cccnc2c(N)c1N. The number of fused-ring (bicyclic) bond motifs is 1. The minimum absolute atomic E-state index is 0.517. The highest BCUT2D eigenvalue weighted by molar-refractivity contribution is 5.93. The van der Waals surface area contributed by atoms with E-state index in [1.54, 1.807) is 6.20 Å². The summed E-state index contributed by atoms with van der Waals surface area (Å²) in [6, 6.07) is 3.69. The van der Waals surface area contributed by atoms with Gasteiger partial charge in [0, 0.05) is 6.20 Å². The van der Waals surface area contributed by atoms with Gasteiger partial charge < -0.3 is 11.5 Å². The lowest BCUT2D eigenvalue weighted by molar-refractivity contribution is 1.24. The van der Waals surface area contributed by atoms with Crippen molar-refractivity contribution >= 4 is 22.4 Å². The van der Waals surface area contributed by atoms with Crippen molar-refractivity contribution in [2.75, 3.05) is 11.5 Å². The molecule has 66 valence electrons. The minimum atomic E-state index is 0.517. The topological polar surface area (TPSA) is 77.8 Å². The van der Waals surface area contributed by atoms with E-state index in [0.29, 0.717) is 16.9 Å². The van der Waals surface area contributed by atoms with Crippen molar-refractivity contribution < 1.29 is 0 Å². The average molecular weight is 174 g/mol. The first-order chi connectivity index (χ1) is 6.20. The Bertz CT molecular complexity index is 464. The van der Waals surface area contributed by atoms with Crippen LogP contribution in [0, 0.1) is 6.92 Å². The van der Waals surface area contributed by atoms with E-state index in [0.717, 1.165) is 11.2 Å². The highest BCUT2D eigenvalue weighted by Gasteiger charge is 2.06. The van der Waals surface area contributed by atoms with Crippen LogP contribution < -0.4 is 11.5 Å². The van der Waals surface area contributed by atoms with Gasteiger partial charge in [-0.3, -0.25) is 4.98 Å². The van der Waals surface area contributed by atoms with Gasteiger partial charge >= 0.3 is 0 Å². The van der Waals surface area contributed by atoms with E-state index in [9.17, 15) is 0 Å². The van der Waals surface area contributed by atoms with Gasteiger partial charge in [0.2, 0.25) is 0 Å². The molecule has 0 aliphatic carbocycles. The molecule has 0 aromatic carbocycles. The summed E-state index contributed by atoms with van der Waals surface area (Å²) in [6.07, 6.45) is 1.68. The molecule has 0 bridgehead atoms. The second kappa shape index (κ2) is 2.58. The summed E-state index contributed by atoms with van der Waals surface area (Å²) in [6.45, 7) is 1.83. The Morgan fingerprint density at radius 3 is 2.77 bits per heavy atom. The summed E-state index contributed by atoms with van der Waals surface area (Å²) in [5.74, 6) is 0. The zero-order valence-corrected chi connectivity index (χ0v) is 7.28. The summed E-state index contributed by atoms with van der Waals surface area (Å²) in [7, 11) is 0. The Balaban J connectivity index is 2.94. The van der Waals surface area contributed by atoms with E-state index in [4.69, 9.17) is 11.5 Å². The molecule has 4 heteroatoms. The lowest BCUT2D eigenvalue weighted by Crippen LogP contribution is -2.01. The second-order valence-electron chi connectivity index (χ2n) is 2.90. The lowest BCUT2D eigenvalue weighted by atomic mass is 10.2. The number of rotatable bonds is 0. The molecule has 4 nitrogen and oxygen atoms in total. The van der Waals surface area contributed by atoms with Crippen LogP contribution in [0.5, 0.6) is 0 Å². The largest absolute Gasteiger partial charge is 0.396 e. The van der Waals surface area contributed by atoms with Crippen LogP contribution in [-0.2, 0) is 0 Å². The third kappa shape index (κ3) is 1.07. The van der Waals surface area contributed by atoms with E-state index in [1.807, 2.05) is 19.1 Å². The zero-order chi connectivity index (χ0) is 9.42. The van der Waals surface area contributed by atoms with Crippen molar-refractivity contribution in [2.24, 2.45) is 0 Å². The molecule has 0 saturated carbocycles. The van der Waals surface area contributed by atoms with Gasteiger partial charge in [-0.2, -0.15) is 0 Å². The maximum Gasteiger partial charge on any atom is 0.114 e. The van der Waals surface area contributed by atoms with Gasteiger partial charge in [-0.1, -0.05) is 0 Å². The fraction of sp³-hybridized carbons (Fsp3) is 0.111. The van der Waals surface area contributed by atoms with Crippen molar-refractivity contribution in [1.29, 1.82) is 0 Å². The fourth-order valence-electron chi connectivity index (χ4n) is 1.26. The number of hydrogen-bond donors (Lipinski definition) is 2. The van der Waals surface area contributed by atoms with Gasteiger partial charge in [-0.25, -0.2) is 4.98 Å². The molecular weight excluding hydrogens is 164 g/mol. The minimum Gasteiger partial charge on any atom is -0.396 e. The van der Waals surface area contributed by atoms with E-state index < -0.39 is 0 Å². The highest BCUT2D eigenvalue weighted by Crippen LogP contribution is 2.24. The number of nitrogens with two attached hydrogens (primary N) is 2. The molecule has 0 aliphatic heterocycles. The smallest absolute Gasteiger partial charge is 0.114 e. The Morgan fingerprint density at radius 2 is 2.00 bits per heavy atom. The lowest BCUT2D eigenvalue weighted by Gasteiger charge is -2.06. The van der Waals surface area contributed by atoms with Crippen LogP contribution in [0.4, 0.5) is 11.4 Å².